The van der Waals surface area contributed by atoms with E-state index in [1.165, 1.54) is 18.3 Å². The maximum absolute atomic E-state index is 13.9. The summed E-state index contributed by atoms with van der Waals surface area (Å²) < 4.78 is 15.0. The Hall–Kier alpha value is -2.55. The number of carbonyl (C=O) groups excluding carboxylic acids is 1. The fourth-order valence-corrected chi connectivity index (χ4v) is 4.54. The highest BCUT2D eigenvalue weighted by atomic mass is 32.1. The summed E-state index contributed by atoms with van der Waals surface area (Å²) in [6, 6.07) is 1.52. The van der Waals surface area contributed by atoms with E-state index in [1.54, 1.807) is 6.07 Å². The Bertz CT molecular complexity index is 1100. The molecule has 1 atom stereocenters. The molecule has 0 radical (unpaired) electrons. The number of nitrogens with zero attached hydrogens (tertiary/aromatic N) is 4. The first kappa shape index (κ1) is 17.8. The number of rotatable bonds is 2. The molecule has 1 aliphatic rings. The largest absolute Gasteiger partial charge is 0.329 e. The lowest BCUT2D eigenvalue weighted by Gasteiger charge is -2.34. The average Bonchev–Trinajstić information content (AvgIpc) is 3.22. The van der Waals surface area contributed by atoms with E-state index in [4.69, 9.17) is 0 Å². The highest BCUT2D eigenvalue weighted by Crippen LogP contribution is 2.33. The first-order chi connectivity index (χ1) is 12.9. The molecule has 1 unspecified atom stereocenters. The molecule has 9 heteroatoms. The minimum atomic E-state index is -0.867. The second kappa shape index (κ2) is 6.56. The molecule has 7 nitrogen and oxygen atoms in total. The average molecular weight is 389 g/mol. The molecule has 3 aromatic rings. The lowest BCUT2D eigenvalue weighted by Crippen LogP contribution is -2.38. The van der Waals surface area contributed by atoms with Crippen LogP contribution >= 0.6 is 11.3 Å². The summed E-state index contributed by atoms with van der Waals surface area (Å²) in [5.74, 6) is -0.919. The Kier molecular flexibility index (Phi) is 4.33. The number of likely N-dealkylation sites (tertiary alicyclic amines) is 1. The molecule has 1 aliphatic heterocycles. The number of thiazole rings is 1. The van der Waals surface area contributed by atoms with Gasteiger partial charge in [-0.25, -0.2) is 9.97 Å². The van der Waals surface area contributed by atoms with E-state index in [9.17, 15) is 14.0 Å². The summed E-state index contributed by atoms with van der Waals surface area (Å²) in [5, 5.41) is 3.81. The summed E-state index contributed by atoms with van der Waals surface area (Å²) >= 11 is 1.40. The van der Waals surface area contributed by atoms with E-state index in [0.717, 1.165) is 34.5 Å². The fourth-order valence-electron chi connectivity index (χ4n) is 3.66. The third kappa shape index (κ3) is 2.95. The van der Waals surface area contributed by atoms with Crippen LogP contribution < -0.4 is 5.56 Å². The van der Waals surface area contributed by atoms with Crippen molar-refractivity contribution in [2.45, 2.75) is 46.1 Å². The van der Waals surface area contributed by atoms with Gasteiger partial charge < -0.3 is 4.90 Å². The van der Waals surface area contributed by atoms with Crippen LogP contribution in [0.3, 0.4) is 0 Å². The van der Waals surface area contributed by atoms with Crippen LogP contribution in [0.1, 0.15) is 57.1 Å². The number of fused-ring (bicyclic) bond motifs is 1. The van der Waals surface area contributed by atoms with Gasteiger partial charge in [0.05, 0.1) is 28.1 Å². The van der Waals surface area contributed by atoms with Crippen molar-refractivity contribution >= 4 is 22.9 Å². The number of carbonyl (C=O) groups is 1. The van der Waals surface area contributed by atoms with Gasteiger partial charge in [0, 0.05) is 12.6 Å². The molecule has 1 saturated heterocycles. The van der Waals surface area contributed by atoms with E-state index >= 15 is 0 Å². The van der Waals surface area contributed by atoms with Gasteiger partial charge in [-0.3, -0.25) is 14.7 Å². The number of nitrogens with one attached hydrogen (secondary N) is 1. The van der Waals surface area contributed by atoms with Gasteiger partial charge in [0.1, 0.15) is 4.88 Å². The van der Waals surface area contributed by atoms with Crippen LogP contribution in [0.25, 0.3) is 5.65 Å². The number of hydrogen-bond donors (Lipinski definition) is 1. The lowest BCUT2D eigenvalue weighted by molar-refractivity contribution is 0.0609. The molecule has 1 N–H and O–H groups in total. The summed E-state index contributed by atoms with van der Waals surface area (Å²) in [6.07, 6.45) is 2.66. The van der Waals surface area contributed by atoms with Crippen molar-refractivity contribution in [3.63, 3.8) is 0 Å². The number of aromatic nitrogens is 4. The Balaban J connectivity index is 1.76. The van der Waals surface area contributed by atoms with Gasteiger partial charge in [0.25, 0.3) is 5.91 Å². The summed E-state index contributed by atoms with van der Waals surface area (Å²) in [5.41, 5.74) is 1.09. The molecule has 1 fully saturated rings. The van der Waals surface area contributed by atoms with Gasteiger partial charge in [-0.15, -0.1) is 11.3 Å². The van der Waals surface area contributed by atoms with Crippen LogP contribution in [-0.2, 0) is 0 Å². The van der Waals surface area contributed by atoms with Gasteiger partial charge in [-0.1, -0.05) is 0 Å². The fraction of sp³-hybridized carbons (Fsp3) is 0.444. The zero-order valence-electron chi connectivity index (χ0n) is 15.4. The van der Waals surface area contributed by atoms with E-state index in [1.807, 2.05) is 18.7 Å². The smallest absolute Gasteiger partial charge is 0.308 e. The number of aryl methyl sites for hydroxylation is 3. The van der Waals surface area contributed by atoms with E-state index < -0.39 is 11.4 Å². The lowest BCUT2D eigenvalue weighted by atomic mass is 9.99. The van der Waals surface area contributed by atoms with Crippen molar-refractivity contribution in [3.05, 3.63) is 49.2 Å². The predicted octanol–water partition coefficient (Wildman–Crippen LogP) is 2.91. The van der Waals surface area contributed by atoms with Gasteiger partial charge >= 0.3 is 5.56 Å². The van der Waals surface area contributed by atoms with E-state index in [0.29, 0.717) is 22.8 Å². The molecule has 4 rings (SSSR count). The molecule has 0 aromatic carbocycles. The van der Waals surface area contributed by atoms with Gasteiger partial charge in [0.2, 0.25) is 5.82 Å². The molecule has 4 heterocycles. The van der Waals surface area contributed by atoms with Crippen LogP contribution in [0.15, 0.2) is 10.9 Å². The number of amides is 1. The standard InChI is InChI=1S/C18H20FN5O2S/c1-9-15(19)17(25)24-14(21-9)8-12(22-24)13-6-4-5-7-23(13)18(26)16-10(2)20-11(3)27-16/h8,13,22H,4-7H2,1-3H3. The van der Waals surface area contributed by atoms with Crippen molar-refractivity contribution in [1.82, 2.24) is 24.5 Å². The first-order valence-corrected chi connectivity index (χ1v) is 9.71. The normalized spacial score (nSPS) is 17.6. The third-order valence-corrected chi connectivity index (χ3v) is 6.03. The van der Waals surface area contributed by atoms with Crippen molar-refractivity contribution in [1.29, 1.82) is 0 Å². The van der Waals surface area contributed by atoms with E-state index in [-0.39, 0.29) is 17.6 Å². The second-order valence-corrected chi connectivity index (χ2v) is 8.08. The van der Waals surface area contributed by atoms with Gasteiger partial charge in [-0.05, 0) is 40.0 Å². The minimum Gasteiger partial charge on any atom is -0.329 e. The zero-order valence-corrected chi connectivity index (χ0v) is 16.2. The highest BCUT2D eigenvalue weighted by Gasteiger charge is 2.32. The molecule has 27 heavy (non-hydrogen) atoms. The number of piperidine rings is 1. The topological polar surface area (TPSA) is 83.4 Å². The summed E-state index contributed by atoms with van der Waals surface area (Å²) in [7, 11) is 0. The molecular formula is C18H20FN5O2S. The van der Waals surface area contributed by atoms with Crippen LogP contribution in [0.2, 0.25) is 0 Å². The Labute approximate surface area is 158 Å². The van der Waals surface area contributed by atoms with Crippen LogP contribution in [-0.4, -0.2) is 36.9 Å². The SMILES string of the molecule is Cc1nc(C)c(C(=O)N2CCCCC2c2cc3nc(C)c(F)c(=O)n3[nH]2)s1. The van der Waals surface area contributed by atoms with E-state index in [2.05, 4.69) is 15.1 Å². The molecule has 0 bridgehead atoms. The Morgan fingerprint density at radius 2 is 2.04 bits per heavy atom. The van der Waals surface area contributed by atoms with Crippen LogP contribution in [0.5, 0.6) is 0 Å². The predicted molar refractivity (Wildman–Crippen MR) is 99.7 cm³/mol. The Morgan fingerprint density at radius 1 is 1.26 bits per heavy atom. The van der Waals surface area contributed by atoms with Gasteiger partial charge in [0.15, 0.2) is 5.65 Å². The van der Waals surface area contributed by atoms with Crippen molar-refractivity contribution < 1.29 is 9.18 Å². The molecule has 3 aromatic heterocycles. The van der Waals surface area contributed by atoms with Crippen molar-refractivity contribution in [3.8, 4) is 0 Å². The zero-order chi connectivity index (χ0) is 19.3. The number of halogens is 1. The maximum Gasteiger partial charge on any atom is 0.308 e. The maximum atomic E-state index is 13.9. The summed E-state index contributed by atoms with van der Waals surface area (Å²) in [6.45, 7) is 5.82. The Morgan fingerprint density at radius 3 is 2.74 bits per heavy atom. The monoisotopic (exact) mass is 389 g/mol. The molecular weight excluding hydrogens is 369 g/mol. The molecule has 0 spiro atoms. The number of aromatic amines is 1. The van der Waals surface area contributed by atoms with Crippen molar-refractivity contribution in [2.75, 3.05) is 6.54 Å². The number of H-pyrrole nitrogens is 1. The molecule has 0 saturated carbocycles. The first-order valence-electron chi connectivity index (χ1n) is 8.89. The highest BCUT2D eigenvalue weighted by molar-refractivity contribution is 7.13. The third-order valence-electron chi connectivity index (χ3n) is 4.97. The van der Waals surface area contributed by atoms with Crippen molar-refractivity contribution in [2.24, 2.45) is 0 Å². The van der Waals surface area contributed by atoms with Crippen LogP contribution in [0.4, 0.5) is 4.39 Å². The van der Waals surface area contributed by atoms with Gasteiger partial charge in [-0.2, -0.15) is 8.91 Å². The second-order valence-electron chi connectivity index (χ2n) is 6.88. The minimum absolute atomic E-state index is 0.0517. The molecule has 1 amide bonds. The quantitative estimate of drug-likeness (QED) is 0.730. The molecule has 0 aliphatic carbocycles. The van der Waals surface area contributed by atoms with Crippen LogP contribution in [0, 0.1) is 26.6 Å². The molecule has 142 valence electrons. The summed E-state index contributed by atoms with van der Waals surface area (Å²) in [4.78, 5) is 36.3. The number of hydrogen-bond acceptors (Lipinski definition) is 5.